The van der Waals surface area contributed by atoms with Gasteiger partial charge >= 0.3 is 0 Å². The first-order valence-corrected chi connectivity index (χ1v) is 6.92. The molecule has 0 aliphatic rings. The fourth-order valence-corrected chi connectivity index (χ4v) is 2.27. The second-order valence-electron chi connectivity index (χ2n) is 4.18. The van der Waals surface area contributed by atoms with Gasteiger partial charge in [-0.3, -0.25) is 15.3 Å². The van der Waals surface area contributed by atoms with Crippen molar-refractivity contribution >= 4 is 17.6 Å². The molecule has 1 atom stereocenters. The Morgan fingerprint density at radius 2 is 2.35 bits per heavy atom. The third kappa shape index (κ3) is 4.36. The SMILES string of the molecule is CSCC(C)N(C)Cc1ccnc(C(=N)N)c1. The van der Waals surface area contributed by atoms with Gasteiger partial charge in [-0.25, -0.2) is 0 Å². The molecule has 0 fully saturated rings. The molecule has 0 aliphatic heterocycles. The van der Waals surface area contributed by atoms with Gasteiger partial charge in [-0.05, 0) is 37.9 Å². The van der Waals surface area contributed by atoms with Crippen LogP contribution in [0.5, 0.6) is 0 Å². The zero-order valence-corrected chi connectivity index (χ0v) is 11.4. The Morgan fingerprint density at radius 3 is 2.94 bits per heavy atom. The fourth-order valence-electron chi connectivity index (χ4n) is 1.53. The molecule has 0 aromatic carbocycles. The molecule has 3 N–H and O–H groups in total. The van der Waals surface area contributed by atoms with E-state index in [0.717, 1.165) is 17.9 Å². The van der Waals surface area contributed by atoms with E-state index in [4.69, 9.17) is 11.1 Å². The number of nitrogens with one attached hydrogen (secondary N) is 1. The van der Waals surface area contributed by atoms with Crippen LogP contribution in [-0.4, -0.2) is 40.8 Å². The second kappa shape index (κ2) is 6.61. The summed E-state index contributed by atoms with van der Waals surface area (Å²) in [6.07, 6.45) is 3.82. The maximum atomic E-state index is 7.36. The number of aromatic nitrogens is 1. The number of nitrogens with zero attached hydrogens (tertiary/aromatic N) is 2. The number of nitrogens with two attached hydrogens (primary N) is 1. The van der Waals surface area contributed by atoms with Crippen LogP contribution in [0.15, 0.2) is 18.3 Å². The highest BCUT2D eigenvalue weighted by molar-refractivity contribution is 7.98. The minimum atomic E-state index is 0.0201. The van der Waals surface area contributed by atoms with E-state index in [-0.39, 0.29) is 5.84 Å². The van der Waals surface area contributed by atoms with E-state index in [9.17, 15) is 0 Å². The highest BCUT2D eigenvalue weighted by Gasteiger charge is 2.09. The number of amidine groups is 1. The van der Waals surface area contributed by atoms with Crippen molar-refractivity contribution < 1.29 is 0 Å². The van der Waals surface area contributed by atoms with Crippen LogP contribution in [0, 0.1) is 5.41 Å². The Hall–Kier alpha value is -1.07. The molecular weight excluding hydrogens is 232 g/mol. The van der Waals surface area contributed by atoms with Gasteiger partial charge in [0.2, 0.25) is 0 Å². The van der Waals surface area contributed by atoms with E-state index >= 15 is 0 Å². The van der Waals surface area contributed by atoms with E-state index in [1.807, 2.05) is 23.9 Å². The molecule has 4 nitrogen and oxygen atoms in total. The molecule has 17 heavy (non-hydrogen) atoms. The first-order chi connectivity index (χ1) is 8.04. The van der Waals surface area contributed by atoms with Crippen LogP contribution in [0.1, 0.15) is 18.2 Å². The number of pyridine rings is 1. The average molecular weight is 252 g/mol. The molecule has 0 aliphatic carbocycles. The van der Waals surface area contributed by atoms with Gasteiger partial charge in [-0.1, -0.05) is 0 Å². The van der Waals surface area contributed by atoms with Gasteiger partial charge in [0.05, 0.1) is 0 Å². The smallest absolute Gasteiger partial charge is 0.141 e. The van der Waals surface area contributed by atoms with Crippen molar-refractivity contribution in [2.24, 2.45) is 5.73 Å². The van der Waals surface area contributed by atoms with Crippen molar-refractivity contribution in [2.75, 3.05) is 19.1 Å². The van der Waals surface area contributed by atoms with Gasteiger partial charge in [0.25, 0.3) is 0 Å². The lowest BCUT2D eigenvalue weighted by Gasteiger charge is -2.24. The van der Waals surface area contributed by atoms with Crippen LogP contribution in [0.2, 0.25) is 0 Å². The molecule has 1 rings (SSSR count). The molecular formula is C12H20N4S. The molecule has 1 aromatic rings. The quantitative estimate of drug-likeness (QED) is 0.595. The van der Waals surface area contributed by atoms with Gasteiger partial charge in [-0.2, -0.15) is 11.8 Å². The summed E-state index contributed by atoms with van der Waals surface area (Å²) in [5, 5.41) is 7.36. The third-order valence-electron chi connectivity index (χ3n) is 2.69. The van der Waals surface area contributed by atoms with Crippen molar-refractivity contribution in [1.82, 2.24) is 9.88 Å². The van der Waals surface area contributed by atoms with Crippen LogP contribution in [0.25, 0.3) is 0 Å². The van der Waals surface area contributed by atoms with Crippen LogP contribution >= 0.6 is 11.8 Å². The van der Waals surface area contributed by atoms with Crippen LogP contribution < -0.4 is 5.73 Å². The van der Waals surface area contributed by atoms with Crippen molar-refractivity contribution in [3.8, 4) is 0 Å². The minimum absolute atomic E-state index is 0.0201. The van der Waals surface area contributed by atoms with Crippen molar-refractivity contribution in [3.63, 3.8) is 0 Å². The predicted molar refractivity (Wildman–Crippen MR) is 74.6 cm³/mol. The topological polar surface area (TPSA) is 66.0 Å². The number of thioether (sulfide) groups is 1. The number of hydrogen-bond donors (Lipinski definition) is 2. The zero-order chi connectivity index (χ0) is 12.8. The first-order valence-electron chi connectivity index (χ1n) is 5.53. The van der Waals surface area contributed by atoms with Crippen molar-refractivity contribution in [1.29, 1.82) is 5.41 Å². The third-order valence-corrected chi connectivity index (χ3v) is 3.51. The highest BCUT2D eigenvalue weighted by atomic mass is 32.2. The summed E-state index contributed by atoms with van der Waals surface area (Å²) >= 11 is 1.85. The van der Waals surface area contributed by atoms with Gasteiger partial charge in [0, 0.05) is 24.5 Å². The molecule has 1 heterocycles. The molecule has 0 saturated heterocycles. The van der Waals surface area contributed by atoms with E-state index in [2.05, 4.69) is 30.1 Å². The lowest BCUT2D eigenvalue weighted by molar-refractivity contribution is 0.269. The summed E-state index contributed by atoms with van der Waals surface area (Å²) in [7, 11) is 2.11. The van der Waals surface area contributed by atoms with Crippen molar-refractivity contribution in [3.05, 3.63) is 29.6 Å². The Kier molecular flexibility index (Phi) is 5.44. The Bertz CT molecular complexity index is 381. The van der Waals surface area contributed by atoms with Crippen LogP contribution in [0.3, 0.4) is 0 Å². The lowest BCUT2D eigenvalue weighted by atomic mass is 10.2. The van der Waals surface area contributed by atoms with Gasteiger partial charge in [-0.15, -0.1) is 0 Å². The van der Waals surface area contributed by atoms with E-state index in [1.54, 1.807) is 6.20 Å². The summed E-state index contributed by atoms with van der Waals surface area (Å²) in [5.74, 6) is 1.13. The molecule has 0 amide bonds. The van der Waals surface area contributed by atoms with E-state index < -0.39 is 0 Å². The highest BCUT2D eigenvalue weighted by Crippen LogP contribution is 2.09. The fraction of sp³-hybridized carbons (Fsp3) is 0.500. The van der Waals surface area contributed by atoms with Gasteiger partial charge in [0.15, 0.2) is 0 Å². The standard InChI is InChI=1S/C12H20N4S/c1-9(8-17-3)16(2)7-10-4-5-15-11(6-10)12(13)14/h4-6,9H,7-8H2,1-3H3,(H3,13,14). The van der Waals surface area contributed by atoms with Gasteiger partial charge < -0.3 is 5.73 Å². The molecule has 0 spiro atoms. The molecule has 0 saturated carbocycles. The summed E-state index contributed by atoms with van der Waals surface area (Å²) in [6, 6.07) is 4.37. The molecule has 1 aromatic heterocycles. The van der Waals surface area contributed by atoms with Gasteiger partial charge in [0.1, 0.15) is 11.5 Å². The molecule has 94 valence electrons. The summed E-state index contributed by atoms with van der Waals surface area (Å²) < 4.78 is 0. The zero-order valence-electron chi connectivity index (χ0n) is 10.6. The Morgan fingerprint density at radius 1 is 1.65 bits per heavy atom. The Balaban J connectivity index is 2.68. The average Bonchev–Trinajstić information content (AvgIpc) is 2.29. The van der Waals surface area contributed by atoms with E-state index in [0.29, 0.717) is 11.7 Å². The Labute approximate surface area is 107 Å². The maximum absolute atomic E-state index is 7.36. The largest absolute Gasteiger partial charge is 0.382 e. The summed E-state index contributed by atoms with van der Waals surface area (Å²) in [4.78, 5) is 6.34. The normalized spacial score (nSPS) is 12.7. The second-order valence-corrected chi connectivity index (χ2v) is 5.09. The van der Waals surface area contributed by atoms with Crippen LogP contribution in [-0.2, 0) is 6.54 Å². The first kappa shape index (κ1) is 14.0. The monoisotopic (exact) mass is 252 g/mol. The van der Waals surface area contributed by atoms with E-state index in [1.165, 1.54) is 0 Å². The van der Waals surface area contributed by atoms with Crippen molar-refractivity contribution in [2.45, 2.75) is 19.5 Å². The number of nitrogen functional groups attached to an aromatic ring is 1. The summed E-state index contributed by atoms with van der Waals surface area (Å²) in [5.41, 5.74) is 7.11. The number of hydrogen-bond acceptors (Lipinski definition) is 4. The molecule has 0 radical (unpaired) electrons. The number of rotatable bonds is 6. The predicted octanol–water partition coefficient (Wildman–Crippen LogP) is 1.55. The lowest BCUT2D eigenvalue weighted by Crippen LogP contribution is -2.30. The molecule has 1 unspecified atom stereocenters. The maximum Gasteiger partial charge on any atom is 0.141 e. The molecule has 0 bridgehead atoms. The minimum Gasteiger partial charge on any atom is -0.382 e. The summed E-state index contributed by atoms with van der Waals surface area (Å²) in [6.45, 7) is 3.06. The van der Waals surface area contributed by atoms with Crippen LogP contribution in [0.4, 0.5) is 0 Å². The molecule has 5 heteroatoms.